The summed E-state index contributed by atoms with van der Waals surface area (Å²) in [6, 6.07) is 7.36. The lowest BCUT2D eigenvalue weighted by Gasteiger charge is -2.31. The molecule has 98 valence electrons. The number of non-ortho nitro benzene ring substituents is 1. The second-order valence-electron chi connectivity index (χ2n) is 4.69. The van der Waals surface area contributed by atoms with Crippen LogP contribution in [0.25, 0.3) is 0 Å². The molecule has 1 saturated heterocycles. The zero-order chi connectivity index (χ0) is 13.0. The zero-order valence-corrected chi connectivity index (χ0v) is 10.5. The average molecular weight is 250 g/mol. The molecule has 1 fully saturated rings. The van der Waals surface area contributed by atoms with Gasteiger partial charge in [0.2, 0.25) is 0 Å². The number of hydrogen-bond acceptors (Lipinski definition) is 4. The predicted molar refractivity (Wildman–Crippen MR) is 68.4 cm³/mol. The van der Waals surface area contributed by atoms with E-state index < -0.39 is 0 Å². The molecule has 0 unspecified atom stereocenters. The van der Waals surface area contributed by atoms with Gasteiger partial charge in [0.05, 0.1) is 4.92 Å². The molecular formula is C13H18N2O3. The minimum atomic E-state index is -0.349. The Morgan fingerprint density at radius 1 is 1.44 bits per heavy atom. The molecule has 5 heteroatoms. The summed E-state index contributed by atoms with van der Waals surface area (Å²) in [5, 5.41) is 10.7. The Hall–Kier alpha value is -1.46. The third-order valence-electron chi connectivity index (χ3n) is 3.37. The number of hydrogen-bond donors (Lipinski definition) is 0. The van der Waals surface area contributed by atoms with Gasteiger partial charge in [-0.25, -0.2) is 0 Å². The molecule has 0 bridgehead atoms. The highest BCUT2D eigenvalue weighted by Gasteiger charge is 2.18. The highest BCUT2D eigenvalue weighted by atomic mass is 16.6. The van der Waals surface area contributed by atoms with Gasteiger partial charge in [0.25, 0.3) is 5.69 Å². The van der Waals surface area contributed by atoms with Gasteiger partial charge in [-0.2, -0.15) is 0 Å². The summed E-state index contributed by atoms with van der Waals surface area (Å²) in [6.45, 7) is 2.36. The maximum atomic E-state index is 10.7. The molecule has 1 aliphatic heterocycles. The molecule has 0 radical (unpaired) electrons. The Labute approximate surface area is 107 Å². The Balaban J connectivity index is 1.99. The molecule has 0 aliphatic carbocycles. The third-order valence-corrected chi connectivity index (χ3v) is 3.37. The third kappa shape index (κ3) is 3.27. The molecule has 0 N–H and O–H groups in total. The molecule has 5 nitrogen and oxygen atoms in total. The second kappa shape index (κ2) is 5.93. The summed E-state index contributed by atoms with van der Waals surface area (Å²) >= 11 is 0. The summed E-state index contributed by atoms with van der Waals surface area (Å²) < 4.78 is 5.33. The average Bonchev–Trinajstić information content (AvgIpc) is 2.40. The molecule has 1 aromatic rings. The van der Waals surface area contributed by atoms with Crippen LogP contribution in [0.2, 0.25) is 0 Å². The van der Waals surface area contributed by atoms with E-state index in [1.54, 1.807) is 12.1 Å². The van der Waals surface area contributed by atoms with Crippen LogP contribution in [0.1, 0.15) is 18.4 Å². The summed E-state index contributed by atoms with van der Waals surface area (Å²) in [5.41, 5.74) is 1.14. The van der Waals surface area contributed by atoms with Gasteiger partial charge >= 0.3 is 0 Å². The molecule has 2 rings (SSSR count). The van der Waals surface area contributed by atoms with Crippen LogP contribution in [0.5, 0.6) is 0 Å². The van der Waals surface area contributed by atoms with Gasteiger partial charge in [0.15, 0.2) is 0 Å². The summed E-state index contributed by atoms with van der Waals surface area (Å²) in [6.07, 6.45) is 2.07. The molecule has 0 spiro atoms. The monoisotopic (exact) mass is 250 g/mol. The number of ether oxygens (including phenoxy) is 1. The van der Waals surface area contributed by atoms with E-state index in [9.17, 15) is 10.1 Å². The molecule has 0 atom stereocenters. The smallest absolute Gasteiger partial charge is 0.269 e. The van der Waals surface area contributed by atoms with E-state index in [0.29, 0.717) is 6.04 Å². The van der Waals surface area contributed by atoms with Crippen LogP contribution in [-0.2, 0) is 11.3 Å². The Morgan fingerprint density at radius 2 is 2.17 bits per heavy atom. The standard InChI is InChI=1S/C13H18N2O3/c1-14(12-5-7-18-8-6-12)10-11-3-2-4-13(9-11)15(16)17/h2-4,9,12H,5-8,10H2,1H3. The van der Waals surface area contributed by atoms with Gasteiger partial charge in [-0.15, -0.1) is 0 Å². The Bertz CT molecular complexity index is 416. The fourth-order valence-electron chi connectivity index (χ4n) is 2.31. The molecule has 1 aromatic carbocycles. The second-order valence-corrected chi connectivity index (χ2v) is 4.69. The van der Waals surface area contributed by atoms with Crippen LogP contribution in [0.3, 0.4) is 0 Å². The first-order valence-corrected chi connectivity index (χ1v) is 6.18. The zero-order valence-electron chi connectivity index (χ0n) is 10.5. The van der Waals surface area contributed by atoms with Gasteiger partial charge in [-0.3, -0.25) is 15.0 Å². The van der Waals surface area contributed by atoms with E-state index in [2.05, 4.69) is 11.9 Å². The van der Waals surface area contributed by atoms with E-state index in [-0.39, 0.29) is 10.6 Å². The summed E-state index contributed by atoms with van der Waals surface area (Å²) in [5.74, 6) is 0. The summed E-state index contributed by atoms with van der Waals surface area (Å²) in [7, 11) is 2.06. The fourth-order valence-corrected chi connectivity index (χ4v) is 2.31. The van der Waals surface area contributed by atoms with Gasteiger partial charge < -0.3 is 4.74 Å². The van der Waals surface area contributed by atoms with Crippen molar-refractivity contribution in [1.82, 2.24) is 4.90 Å². The number of nitrogens with zero attached hydrogens (tertiary/aromatic N) is 2. The molecule has 0 amide bonds. The van der Waals surface area contributed by atoms with Crippen LogP contribution in [0.15, 0.2) is 24.3 Å². The van der Waals surface area contributed by atoms with Crippen molar-refractivity contribution >= 4 is 5.69 Å². The van der Waals surface area contributed by atoms with Crippen LogP contribution in [-0.4, -0.2) is 36.1 Å². The van der Waals surface area contributed by atoms with Crippen molar-refractivity contribution in [3.05, 3.63) is 39.9 Å². The van der Waals surface area contributed by atoms with Crippen LogP contribution in [0.4, 0.5) is 5.69 Å². The normalized spacial score (nSPS) is 17.0. The van der Waals surface area contributed by atoms with Crippen molar-refractivity contribution in [3.8, 4) is 0 Å². The van der Waals surface area contributed by atoms with Crippen molar-refractivity contribution in [1.29, 1.82) is 0 Å². The fraction of sp³-hybridized carbons (Fsp3) is 0.538. The number of nitro groups is 1. The maximum Gasteiger partial charge on any atom is 0.269 e. The van der Waals surface area contributed by atoms with E-state index >= 15 is 0 Å². The lowest BCUT2D eigenvalue weighted by Crippen LogP contribution is -2.36. The quantitative estimate of drug-likeness (QED) is 0.607. The number of nitro benzene ring substituents is 1. The molecule has 1 heterocycles. The molecule has 18 heavy (non-hydrogen) atoms. The van der Waals surface area contributed by atoms with E-state index in [0.717, 1.165) is 38.2 Å². The van der Waals surface area contributed by atoms with E-state index in [1.165, 1.54) is 6.07 Å². The lowest BCUT2D eigenvalue weighted by atomic mass is 10.1. The topological polar surface area (TPSA) is 55.6 Å². The van der Waals surface area contributed by atoms with Crippen LogP contribution < -0.4 is 0 Å². The maximum absolute atomic E-state index is 10.7. The Kier molecular flexibility index (Phi) is 4.28. The largest absolute Gasteiger partial charge is 0.381 e. The van der Waals surface area contributed by atoms with Gasteiger partial charge in [-0.05, 0) is 25.5 Å². The minimum Gasteiger partial charge on any atom is -0.381 e. The highest BCUT2D eigenvalue weighted by molar-refractivity contribution is 5.34. The van der Waals surface area contributed by atoms with Crippen LogP contribution in [0, 0.1) is 10.1 Å². The highest BCUT2D eigenvalue weighted by Crippen LogP contribution is 2.18. The van der Waals surface area contributed by atoms with Gasteiger partial charge in [-0.1, -0.05) is 12.1 Å². The van der Waals surface area contributed by atoms with Crippen molar-refractivity contribution in [2.45, 2.75) is 25.4 Å². The van der Waals surface area contributed by atoms with E-state index in [1.807, 2.05) is 6.07 Å². The van der Waals surface area contributed by atoms with Crippen molar-refractivity contribution in [2.24, 2.45) is 0 Å². The van der Waals surface area contributed by atoms with Crippen molar-refractivity contribution in [3.63, 3.8) is 0 Å². The molecule has 0 saturated carbocycles. The number of rotatable bonds is 4. The molecular weight excluding hydrogens is 232 g/mol. The SMILES string of the molecule is CN(Cc1cccc([N+](=O)[O-])c1)C1CCOCC1. The van der Waals surface area contributed by atoms with Crippen LogP contribution >= 0.6 is 0 Å². The van der Waals surface area contributed by atoms with Crippen molar-refractivity contribution < 1.29 is 9.66 Å². The lowest BCUT2D eigenvalue weighted by molar-refractivity contribution is -0.384. The Morgan fingerprint density at radius 3 is 2.83 bits per heavy atom. The first-order chi connectivity index (χ1) is 8.66. The number of benzene rings is 1. The first kappa shape index (κ1) is 13.0. The van der Waals surface area contributed by atoms with Gasteiger partial charge in [0, 0.05) is 37.9 Å². The molecule has 1 aliphatic rings. The minimum absolute atomic E-state index is 0.160. The first-order valence-electron chi connectivity index (χ1n) is 6.18. The van der Waals surface area contributed by atoms with Crippen molar-refractivity contribution in [2.75, 3.05) is 20.3 Å². The van der Waals surface area contributed by atoms with Gasteiger partial charge in [0.1, 0.15) is 0 Å². The predicted octanol–water partition coefficient (Wildman–Crippen LogP) is 2.21. The molecule has 0 aromatic heterocycles. The summed E-state index contributed by atoms with van der Waals surface area (Å²) in [4.78, 5) is 12.6. The van der Waals surface area contributed by atoms with E-state index in [4.69, 9.17) is 4.74 Å².